The minimum Gasteiger partial charge on any atom is -0.493 e. The number of hydrogen-bond acceptors (Lipinski definition) is 3. The van der Waals surface area contributed by atoms with E-state index < -0.39 is 0 Å². The molecule has 282 valence electrons. The van der Waals surface area contributed by atoms with E-state index in [9.17, 15) is 0 Å². The van der Waals surface area contributed by atoms with Crippen molar-refractivity contribution in [3.05, 3.63) is 128 Å². The number of pyridine rings is 1. The van der Waals surface area contributed by atoms with Gasteiger partial charge in [-0.15, -0.1) is 0 Å². The van der Waals surface area contributed by atoms with Crippen molar-refractivity contribution < 1.29 is 9.47 Å². The summed E-state index contributed by atoms with van der Waals surface area (Å²) < 4.78 is 12.5. The highest BCUT2D eigenvalue weighted by Crippen LogP contribution is 2.40. The van der Waals surface area contributed by atoms with Gasteiger partial charge in [-0.1, -0.05) is 121 Å². The summed E-state index contributed by atoms with van der Waals surface area (Å²) in [5.74, 6) is 3.07. The molecule has 2 atom stereocenters. The predicted octanol–water partition coefficient (Wildman–Crippen LogP) is 14.6. The van der Waals surface area contributed by atoms with Crippen molar-refractivity contribution in [2.24, 2.45) is 11.8 Å². The molecule has 0 amide bonds. The minimum absolute atomic E-state index is 0.596. The normalized spacial score (nSPS) is 12.6. The Bertz CT molecular complexity index is 2270. The Morgan fingerprint density at radius 2 is 1.13 bits per heavy atom. The monoisotopic (exact) mass is 728 g/mol. The predicted molar refractivity (Wildman–Crippen MR) is 233 cm³/mol. The number of ether oxygens (including phenoxy) is 2. The number of benzene rings is 5. The fraction of sp³-hybridized carbons (Fsp3) is 0.314. The lowest BCUT2D eigenvalue weighted by Crippen LogP contribution is -2.11. The first-order chi connectivity index (χ1) is 27.1. The van der Waals surface area contributed by atoms with Crippen molar-refractivity contribution >= 4 is 21.8 Å². The first-order valence-electron chi connectivity index (χ1n) is 20.6. The van der Waals surface area contributed by atoms with Gasteiger partial charge in [0.25, 0.3) is 0 Å². The van der Waals surface area contributed by atoms with Crippen LogP contribution in [0.3, 0.4) is 0 Å². The maximum Gasteiger partial charge on any atom is 0.119 e. The lowest BCUT2D eigenvalue weighted by Gasteiger charge is -2.16. The Balaban J connectivity index is 1.24. The van der Waals surface area contributed by atoms with Gasteiger partial charge in [-0.05, 0) is 119 Å². The maximum atomic E-state index is 6.30. The molecule has 7 aromatic rings. The lowest BCUT2D eigenvalue weighted by atomic mass is 9.94. The van der Waals surface area contributed by atoms with Crippen LogP contribution in [0.4, 0.5) is 0 Å². The summed E-state index contributed by atoms with van der Waals surface area (Å²) in [6.07, 6.45) is 11.6. The lowest BCUT2D eigenvalue weighted by molar-refractivity contribution is 0.233. The topological polar surface area (TPSA) is 47.1 Å². The molecule has 55 heavy (non-hydrogen) atoms. The van der Waals surface area contributed by atoms with Crippen LogP contribution in [0.25, 0.3) is 66.4 Å². The molecule has 0 fully saturated rings. The molecule has 5 aromatic carbocycles. The molecule has 4 heteroatoms. The van der Waals surface area contributed by atoms with Crippen LogP contribution in [-0.2, 0) is 0 Å². The number of aromatic amines is 1. The van der Waals surface area contributed by atoms with Gasteiger partial charge in [0.15, 0.2) is 0 Å². The molecule has 0 saturated carbocycles. The van der Waals surface area contributed by atoms with E-state index in [2.05, 4.69) is 147 Å². The van der Waals surface area contributed by atoms with Gasteiger partial charge in [0.2, 0.25) is 0 Å². The van der Waals surface area contributed by atoms with Crippen LogP contribution in [0.1, 0.15) is 79.1 Å². The molecule has 0 aliphatic rings. The number of aromatic nitrogens is 2. The zero-order valence-electron chi connectivity index (χ0n) is 33.1. The summed E-state index contributed by atoms with van der Waals surface area (Å²) in [5.41, 5.74) is 11.3. The summed E-state index contributed by atoms with van der Waals surface area (Å²) in [6.45, 7) is 10.6. The van der Waals surface area contributed by atoms with Crippen molar-refractivity contribution in [3.8, 4) is 56.1 Å². The van der Waals surface area contributed by atoms with Gasteiger partial charge in [-0.25, -0.2) is 0 Å². The van der Waals surface area contributed by atoms with Crippen molar-refractivity contribution in [2.75, 3.05) is 13.2 Å². The molecule has 0 aliphatic heterocycles. The van der Waals surface area contributed by atoms with Gasteiger partial charge in [0.05, 0.1) is 24.4 Å². The van der Waals surface area contributed by atoms with E-state index in [0.717, 1.165) is 76.5 Å². The first kappa shape index (κ1) is 37.9. The molecular weight excluding hydrogens is 673 g/mol. The first-order valence-corrected chi connectivity index (χ1v) is 20.6. The summed E-state index contributed by atoms with van der Waals surface area (Å²) in [6, 6.07) is 43.5. The largest absolute Gasteiger partial charge is 0.493 e. The number of nitrogens with one attached hydrogen (secondary N) is 1. The second-order valence-electron chi connectivity index (χ2n) is 15.1. The van der Waals surface area contributed by atoms with Crippen LogP contribution in [0, 0.1) is 11.8 Å². The second kappa shape index (κ2) is 18.3. The smallest absolute Gasteiger partial charge is 0.119 e. The van der Waals surface area contributed by atoms with Crippen LogP contribution in [0.2, 0.25) is 0 Å². The Kier molecular flexibility index (Phi) is 12.6. The molecule has 7 rings (SSSR count). The van der Waals surface area contributed by atoms with Crippen LogP contribution in [0.15, 0.2) is 128 Å². The molecule has 0 saturated heterocycles. The van der Waals surface area contributed by atoms with E-state index in [1.807, 2.05) is 18.3 Å². The van der Waals surface area contributed by atoms with E-state index in [-0.39, 0.29) is 0 Å². The highest BCUT2D eigenvalue weighted by atomic mass is 16.5. The van der Waals surface area contributed by atoms with Crippen molar-refractivity contribution in [1.82, 2.24) is 9.97 Å². The molecule has 0 aliphatic carbocycles. The number of H-pyrrole nitrogens is 1. The summed E-state index contributed by atoms with van der Waals surface area (Å²) >= 11 is 0. The number of nitrogens with zero attached hydrogens (tertiary/aromatic N) is 1. The van der Waals surface area contributed by atoms with Crippen LogP contribution < -0.4 is 9.47 Å². The zero-order chi connectivity index (χ0) is 38.0. The van der Waals surface area contributed by atoms with Gasteiger partial charge in [0, 0.05) is 33.6 Å². The van der Waals surface area contributed by atoms with Crippen LogP contribution >= 0.6 is 0 Å². The highest BCUT2D eigenvalue weighted by Gasteiger charge is 2.16. The number of rotatable bonds is 18. The Labute approximate surface area is 328 Å². The second-order valence-corrected chi connectivity index (χ2v) is 15.1. The third-order valence-corrected chi connectivity index (χ3v) is 11.3. The molecule has 1 N–H and O–H groups in total. The average Bonchev–Trinajstić information content (AvgIpc) is 3.62. The minimum atomic E-state index is 0.596. The summed E-state index contributed by atoms with van der Waals surface area (Å²) in [5, 5.41) is 2.41. The van der Waals surface area contributed by atoms with Gasteiger partial charge >= 0.3 is 0 Å². The van der Waals surface area contributed by atoms with Gasteiger partial charge in [-0.3, -0.25) is 4.98 Å². The summed E-state index contributed by atoms with van der Waals surface area (Å²) in [7, 11) is 0. The molecule has 2 heterocycles. The molecule has 4 nitrogen and oxygen atoms in total. The number of hydrogen-bond donors (Lipinski definition) is 1. The van der Waals surface area contributed by atoms with Crippen molar-refractivity contribution in [3.63, 3.8) is 0 Å². The van der Waals surface area contributed by atoms with Crippen LogP contribution in [0.5, 0.6) is 11.5 Å². The van der Waals surface area contributed by atoms with E-state index in [1.165, 1.54) is 66.0 Å². The van der Waals surface area contributed by atoms with Gasteiger partial charge in [0.1, 0.15) is 11.5 Å². The zero-order valence-corrected chi connectivity index (χ0v) is 33.1. The molecular formula is C51H56N2O2. The van der Waals surface area contributed by atoms with E-state index in [0.29, 0.717) is 11.8 Å². The average molecular weight is 729 g/mol. The van der Waals surface area contributed by atoms with Crippen molar-refractivity contribution in [2.45, 2.75) is 79.1 Å². The SMILES string of the molecule is CCCCC(CC)COc1ccc(-c2ccc3[nH]c4c(-c5cccc(-c6ccccn6)c5)cc(-c5ccc(OCC(CC)CCCC)cc5)cc4c3c2)cc1. The van der Waals surface area contributed by atoms with Gasteiger partial charge in [-0.2, -0.15) is 0 Å². The Morgan fingerprint density at radius 1 is 0.527 bits per heavy atom. The highest BCUT2D eigenvalue weighted by molar-refractivity contribution is 6.14. The van der Waals surface area contributed by atoms with Gasteiger partial charge < -0.3 is 14.5 Å². The van der Waals surface area contributed by atoms with E-state index in [1.54, 1.807) is 0 Å². The maximum absolute atomic E-state index is 6.30. The van der Waals surface area contributed by atoms with Crippen LogP contribution in [-0.4, -0.2) is 23.2 Å². The number of unbranched alkanes of at least 4 members (excludes halogenated alkanes) is 2. The summed E-state index contributed by atoms with van der Waals surface area (Å²) in [4.78, 5) is 8.47. The Hall–Kier alpha value is -5.35. The molecule has 2 aromatic heterocycles. The standard InChI is InChI=1S/C51H56N2O2/c1-5-9-14-36(7-3)34-54-44-24-19-38(20-25-44)40-23-28-50-47(31-40)48-33-43(39-21-26-45(27-22-39)55-35-37(8-4)15-10-6-2)32-46(51(48)53-50)41-16-13-17-42(30-41)49-18-11-12-29-52-49/h11-13,16-33,36-37,53H,5-10,14-15,34-35H2,1-4H3. The number of fused-ring (bicyclic) bond motifs is 3. The Morgan fingerprint density at radius 3 is 1.73 bits per heavy atom. The molecule has 0 bridgehead atoms. The third-order valence-electron chi connectivity index (χ3n) is 11.3. The van der Waals surface area contributed by atoms with Crippen molar-refractivity contribution in [1.29, 1.82) is 0 Å². The molecule has 2 unspecified atom stereocenters. The fourth-order valence-electron chi connectivity index (χ4n) is 7.67. The quantitative estimate of drug-likeness (QED) is 0.0957. The third kappa shape index (κ3) is 9.14. The van der Waals surface area contributed by atoms with E-state index >= 15 is 0 Å². The molecule has 0 spiro atoms. The van der Waals surface area contributed by atoms with E-state index in [4.69, 9.17) is 9.47 Å². The fourth-order valence-corrected chi connectivity index (χ4v) is 7.67. The molecule has 0 radical (unpaired) electrons.